The summed E-state index contributed by atoms with van der Waals surface area (Å²) in [7, 11) is 1.74. The van der Waals surface area contributed by atoms with Gasteiger partial charge in [0.2, 0.25) is 5.91 Å². The van der Waals surface area contributed by atoms with Crippen molar-refractivity contribution in [3.8, 4) is 0 Å². The molecule has 1 unspecified atom stereocenters. The van der Waals surface area contributed by atoms with Crippen molar-refractivity contribution in [2.75, 3.05) is 13.6 Å². The van der Waals surface area contributed by atoms with Crippen LogP contribution in [-0.4, -0.2) is 30.4 Å². The molecule has 3 nitrogen and oxygen atoms in total. The van der Waals surface area contributed by atoms with Crippen molar-refractivity contribution in [3.05, 3.63) is 12.2 Å². The van der Waals surface area contributed by atoms with Crippen LogP contribution in [-0.2, 0) is 4.79 Å². The van der Waals surface area contributed by atoms with Crippen LogP contribution in [0, 0.1) is 0 Å². The lowest BCUT2D eigenvalue weighted by atomic mass is 10.2. The lowest BCUT2D eigenvalue weighted by Crippen LogP contribution is -2.41. The lowest BCUT2D eigenvalue weighted by molar-refractivity contribution is -0.130. The highest BCUT2D eigenvalue weighted by Crippen LogP contribution is 1.97. The maximum Gasteiger partial charge on any atom is 0.239 e. The zero-order valence-electron chi connectivity index (χ0n) is 8.13. The van der Waals surface area contributed by atoms with Crippen LogP contribution in [0.4, 0.5) is 0 Å². The molecule has 0 fully saturated rings. The third kappa shape index (κ3) is 3.53. The van der Waals surface area contributed by atoms with Crippen molar-refractivity contribution in [1.82, 2.24) is 4.90 Å². The number of hydrogen-bond donors (Lipinski definition) is 1. The summed E-state index contributed by atoms with van der Waals surface area (Å²) in [6.07, 6.45) is 0.680. The van der Waals surface area contributed by atoms with Gasteiger partial charge in [0, 0.05) is 13.6 Å². The average Bonchev–Trinajstić information content (AvgIpc) is 2.00. The topological polar surface area (TPSA) is 46.3 Å². The Morgan fingerprint density at radius 1 is 1.67 bits per heavy atom. The predicted molar refractivity (Wildman–Crippen MR) is 50.7 cm³/mol. The zero-order valence-corrected chi connectivity index (χ0v) is 8.13. The highest BCUT2D eigenvalue weighted by atomic mass is 16.2. The Balaban J connectivity index is 4.01. The van der Waals surface area contributed by atoms with E-state index in [0.717, 1.165) is 5.57 Å². The minimum atomic E-state index is -0.366. The second kappa shape index (κ2) is 4.93. The first-order valence-electron chi connectivity index (χ1n) is 4.14. The summed E-state index contributed by atoms with van der Waals surface area (Å²) in [5, 5.41) is 0. The molecular formula is C9H18N2O. The van der Waals surface area contributed by atoms with Crippen LogP contribution in [0.5, 0.6) is 0 Å². The fraction of sp³-hybridized carbons (Fsp3) is 0.667. The largest absolute Gasteiger partial charge is 0.340 e. The van der Waals surface area contributed by atoms with E-state index >= 15 is 0 Å². The molecule has 3 heteroatoms. The molecule has 0 aromatic carbocycles. The van der Waals surface area contributed by atoms with E-state index in [1.54, 1.807) is 11.9 Å². The number of carbonyl (C=O) groups excluding carboxylic acids is 1. The van der Waals surface area contributed by atoms with Gasteiger partial charge in [-0.05, 0) is 13.3 Å². The molecule has 0 aromatic rings. The van der Waals surface area contributed by atoms with Gasteiger partial charge in [-0.1, -0.05) is 19.1 Å². The van der Waals surface area contributed by atoms with Gasteiger partial charge >= 0.3 is 0 Å². The summed E-state index contributed by atoms with van der Waals surface area (Å²) < 4.78 is 0. The van der Waals surface area contributed by atoms with Gasteiger partial charge in [0.25, 0.3) is 0 Å². The van der Waals surface area contributed by atoms with Gasteiger partial charge in [-0.2, -0.15) is 0 Å². The first-order chi connectivity index (χ1) is 5.49. The summed E-state index contributed by atoms with van der Waals surface area (Å²) in [5.41, 5.74) is 6.54. The van der Waals surface area contributed by atoms with Gasteiger partial charge in [-0.15, -0.1) is 0 Å². The molecule has 0 saturated heterocycles. The van der Waals surface area contributed by atoms with Gasteiger partial charge in [-0.3, -0.25) is 4.79 Å². The summed E-state index contributed by atoms with van der Waals surface area (Å²) >= 11 is 0. The number of rotatable bonds is 4. The molecule has 0 aromatic heterocycles. The van der Waals surface area contributed by atoms with E-state index in [1.165, 1.54) is 0 Å². The van der Waals surface area contributed by atoms with E-state index in [1.807, 2.05) is 13.8 Å². The summed E-state index contributed by atoms with van der Waals surface area (Å²) in [6, 6.07) is -0.366. The quantitative estimate of drug-likeness (QED) is 0.633. The molecule has 0 saturated carbocycles. The van der Waals surface area contributed by atoms with Crippen molar-refractivity contribution in [2.24, 2.45) is 5.73 Å². The minimum absolute atomic E-state index is 0.0134. The Morgan fingerprint density at radius 2 is 2.17 bits per heavy atom. The Bertz CT molecular complexity index is 177. The van der Waals surface area contributed by atoms with Gasteiger partial charge in [0.15, 0.2) is 0 Å². The molecule has 0 aliphatic carbocycles. The van der Waals surface area contributed by atoms with E-state index in [9.17, 15) is 4.79 Å². The van der Waals surface area contributed by atoms with Crippen LogP contribution < -0.4 is 5.73 Å². The number of amides is 1. The second-order valence-electron chi connectivity index (χ2n) is 3.17. The number of carbonyl (C=O) groups is 1. The maximum atomic E-state index is 11.4. The third-order valence-corrected chi connectivity index (χ3v) is 1.64. The average molecular weight is 170 g/mol. The van der Waals surface area contributed by atoms with Crippen LogP contribution in [0.1, 0.15) is 20.3 Å². The molecule has 0 bridgehead atoms. The number of hydrogen-bond acceptors (Lipinski definition) is 2. The van der Waals surface area contributed by atoms with Gasteiger partial charge < -0.3 is 10.6 Å². The van der Waals surface area contributed by atoms with E-state index in [2.05, 4.69) is 6.58 Å². The standard InChI is InChI=1S/C9H18N2O/c1-5-8(10)9(12)11(4)6-7(2)3/h8H,2,5-6,10H2,1,3-4H3. The normalized spacial score (nSPS) is 12.3. The van der Waals surface area contributed by atoms with Crippen LogP contribution in [0.15, 0.2) is 12.2 Å². The lowest BCUT2D eigenvalue weighted by Gasteiger charge is -2.20. The van der Waals surface area contributed by atoms with E-state index in [0.29, 0.717) is 13.0 Å². The molecule has 0 aliphatic heterocycles. The second-order valence-corrected chi connectivity index (χ2v) is 3.17. The summed E-state index contributed by atoms with van der Waals surface area (Å²) in [6.45, 7) is 8.11. The van der Waals surface area contributed by atoms with Crippen molar-refractivity contribution < 1.29 is 4.79 Å². The first kappa shape index (κ1) is 11.2. The maximum absolute atomic E-state index is 11.4. The van der Waals surface area contributed by atoms with Crippen molar-refractivity contribution >= 4 is 5.91 Å². The highest BCUT2D eigenvalue weighted by molar-refractivity contribution is 5.81. The Morgan fingerprint density at radius 3 is 2.50 bits per heavy atom. The fourth-order valence-electron chi connectivity index (χ4n) is 0.940. The van der Waals surface area contributed by atoms with Crippen LogP contribution in [0.25, 0.3) is 0 Å². The Hall–Kier alpha value is -0.830. The molecule has 0 radical (unpaired) electrons. The third-order valence-electron chi connectivity index (χ3n) is 1.64. The van der Waals surface area contributed by atoms with E-state index in [4.69, 9.17) is 5.73 Å². The van der Waals surface area contributed by atoms with Crippen molar-refractivity contribution in [2.45, 2.75) is 26.3 Å². The molecule has 1 atom stereocenters. The van der Waals surface area contributed by atoms with Crippen LogP contribution in [0.3, 0.4) is 0 Å². The first-order valence-corrected chi connectivity index (χ1v) is 4.14. The monoisotopic (exact) mass is 170 g/mol. The summed E-state index contributed by atoms with van der Waals surface area (Å²) in [5.74, 6) is -0.0134. The van der Waals surface area contributed by atoms with E-state index < -0.39 is 0 Å². The molecular weight excluding hydrogens is 152 g/mol. The Kier molecular flexibility index (Phi) is 4.59. The van der Waals surface area contributed by atoms with Gasteiger partial charge in [0.05, 0.1) is 6.04 Å². The number of nitrogens with zero attached hydrogens (tertiary/aromatic N) is 1. The molecule has 12 heavy (non-hydrogen) atoms. The van der Waals surface area contributed by atoms with Crippen molar-refractivity contribution in [3.63, 3.8) is 0 Å². The molecule has 0 rings (SSSR count). The number of nitrogens with two attached hydrogens (primary N) is 1. The van der Waals surface area contributed by atoms with Crippen LogP contribution >= 0.6 is 0 Å². The SMILES string of the molecule is C=C(C)CN(C)C(=O)C(N)CC. The molecule has 0 aliphatic rings. The molecule has 1 amide bonds. The summed E-state index contributed by atoms with van der Waals surface area (Å²) in [4.78, 5) is 13.0. The van der Waals surface area contributed by atoms with Crippen molar-refractivity contribution in [1.29, 1.82) is 0 Å². The molecule has 0 heterocycles. The van der Waals surface area contributed by atoms with Crippen LogP contribution in [0.2, 0.25) is 0 Å². The predicted octanol–water partition coefficient (Wildman–Crippen LogP) is 0.758. The molecule has 2 N–H and O–H groups in total. The Labute approximate surface area is 74.2 Å². The minimum Gasteiger partial charge on any atom is -0.340 e. The van der Waals surface area contributed by atoms with Gasteiger partial charge in [0.1, 0.15) is 0 Å². The van der Waals surface area contributed by atoms with Gasteiger partial charge in [-0.25, -0.2) is 0 Å². The fourth-order valence-corrected chi connectivity index (χ4v) is 0.940. The zero-order chi connectivity index (χ0) is 9.72. The molecule has 0 spiro atoms. The molecule has 70 valence electrons. The smallest absolute Gasteiger partial charge is 0.239 e. The van der Waals surface area contributed by atoms with E-state index in [-0.39, 0.29) is 11.9 Å². The number of likely N-dealkylation sites (N-methyl/N-ethyl adjacent to an activating group) is 1. The highest BCUT2D eigenvalue weighted by Gasteiger charge is 2.15.